The first-order chi connectivity index (χ1) is 12.4. The molecule has 1 N–H and O–H groups in total. The molecule has 0 spiro atoms. The van der Waals surface area contributed by atoms with E-state index in [-0.39, 0.29) is 11.4 Å². The Hall–Kier alpha value is -3.21. The third-order valence-corrected chi connectivity index (χ3v) is 4.43. The molecule has 3 aromatic rings. The van der Waals surface area contributed by atoms with Crippen LogP contribution in [0.4, 0.5) is 10.1 Å². The smallest absolute Gasteiger partial charge is 0.336 e. The molecular formula is C21H19FN2O2. The van der Waals surface area contributed by atoms with Crippen LogP contribution >= 0.6 is 0 Å². The summed E-state index contributed by atoms with van der Waals surface area (Å²) in [7, 11) is 0. The summed E-state index contributed by atoms with van der Waals surface area (Å²) in [6, 6.07) is 13.4. The Morgan fingerprint density at radius 3 is 2.46 bits per heavy atom. The number of aromatic nitrogens is 1. The Bertz CT molecular complexity index is 1000. The number of aromatic carboxylic acids is 1. The van der Waals surface area contributed by atoms with Crippen molar-refractivity contribution in [3.05, 3.63) is 82.4 Å². The second-order valence-corrected chi connectivity index (χ2v) is 6.15. The van der Waals surface area contributed by atoms with Gasteiger partial charge in [-0.3, -0.25) is 4.99 Å². The number of benzene rings is 2. The van der Waals surface area contributed by atoms with E-state index >= 15 is 0 Å². The molecule has 0 bridgehead atoms. The van der Waals surface area contributed by atoms with Crippen LogP contribution in [0.3, 0.4) is 0 Å². The normalized spacial score (nSPS) is 11.2. The topological polar surface area (TPSA) is 54.6 Å². The van der Waals surface area contributed by atoms with Crippen molar-refractivity contribution in [2.24, 2.45) is 4.99 Å². The van der Waals surface area contributed by atoms with Gasteiger partial charge in [0.25, 0.3) is 0 Å². The van der Waals surface area contributed by atoms with E-state index in [2.05, 4.69) is 4.99 Å². The van der Waals surface area contributed by atoms with Crippen molar-refractivity contribution < 1.29 is 14.3 Å². The first-order valence-electron chi connectivity index (χ1n) is 8.20. The van der Waals surface area contributed by atoms with Crippen LogP contribution < -0.4 is 0 Å². The first-order valence-corrected chi connectivity index (χ1v) is 8.20. The summed E-state index contributed by atoms with van der Waals surface area (Å²) in [6.45, 7) is 5.69. The second kappa shape index (κ2) is 6.96. The largest absolute Gasteiger partial charge is 0.478 e. The number of aliphatic imine (C=N–C) groups is 1. The van der Waals surface area contributed by atoms with E-state index in [9.17, 15) is 14.3 Å². The van der Waals surface area contributed by atoms with Gasteiger partial charge in [-0.2, -0.15) is 0 Å². The summed E-state index contributed by atoms with van der Waals surface area (Å²) in [5, 5.41) is 9.22. The van der Waals surface area contributed by atoms with E-state index in [1.54, 1.807) is 43.5 Å². The molecule has 0 unspecified atom stereocenters. The fraction of sp³-hybridized carbons (Fsp3) is 0.143. The molecular weight excluding hydrogens is 331 g/mol. The van der Waals surface area contributed by atoms with Crippen molar-refractivity contribution in [2.45, 2.75) is 20.8 Å². The van der Waals surface area contributed by atoms with Crippen molar-refractivity contribution in [3.8, 4) is 5.69 Å². The predicted octanol–water partition coefficient (Wildman–Crippen LogP) is 4.99. The molecule has 0 radical (unpaired) electrons. The van der Waals surface area contributed by atoms with E-state index < -0.39 is 5.97 Å². The Morgan fingerprint density at radius 1 is 1.12 bits per heavy atom. The molecule has 0 saturated heterocycles. The van der Waals surface area contributed by atoms with Gasteiger partial charge in [-0.15, -0.1) is 0 Å². The molecule has 0 aliphatic carbocycles. The highest BCUT2D eigenvalue weighted by Crippen LogP contribution is 2.24. The number of halogens is 1. The zero-order valence-electron chi connectivity index (χ0n) is 14.8. The first kappa shape index (κ1) is 17.6. The maximum Gasteiger partial charge on any atom is 0.336 e. The number of rotatable bonds is 4. The lowest BCUT2D eigenvalue weighted by Gasteiger charge is -2.09. The van der Waals surface area contributed by atoms with Gasteiger partial charge in [0.2, 0.25) is 0 Å². The highest BCUT2D eigenvalue weighted by Gasteiger charge is 2.11. The maximum atomic E-state index is 13.2. The summed E-state index contributed by atoms with van der Waals surface area (Å²) in [5.74, 6) is -1.24. The molecule has 5 heteroatoms. The number of carboxylic acids is 1. The minimum Gasteiger partial charge on any atom is -0.478 e. The van der Waals surface area contributed by atoms with Crippen molar-refractivity contribution >= 4 is 17.9 Å². The zero-order chi connectivity index (χ0) is 18.8. The van der Waals surface area contributed by atoms with Crippen LogP contribution in [-0.2, 0) is 0 Å². The van der Waals surface area contributed by atoms with E-state index in [0.29, 0.717) is 11.3 Å². The second-order valence-electron chi connectivity index (χ2n) is 6.15. The van der Waals surface area contributed by atoms with E-state index in [4.69, 9.17) is 0 Å². The van der Waals surface area contributed by atoms with Crippen molar-refractivity contribution in [1.29, 1.82) is 0 Å². The molecule has 2 aromatic carbocycles. The minimum atomic E-state index is -0.964. The molecule has 0 fully saturated rings. The van der Waals surface area contributed by atoms with Crippen molar-refractivity contribution in [2.75, 3.05) is 0 Å². The quantitative estimate of drug-likeness (QED) is 0.674. The molecule has 0 atom stereocenters. The molecule has 1 aromatic heterocycles. The van der Waals surface area contributed by atoms with Gasteiger partial charge in [0.1, 0.15) is 5.82 Å². The molecule has 26 heavy (non-hydrogen) atoms. The van der Waals surface area contributed by atoms with Crippen LogP contribution in [0.25, 0.3) is 5.69 Å². The van der Waals surface area contributed by atoms with Crippen LogP contribution in [0.2, 0.25) is 0 Å². The average Bonchev–Trinajstić information content (AvgIpc) is 2.88. The van der Waals surface area contributed by atoms with Gasteiger partial charge in [-0.25, -0.2) is 9.18 Å². The highest BCUT2D eigenvalue weighted by atomic mass is 19.1. The van der Waals surface area contributed by atoms with Gasteiger partial charge in [0, 0.05) is 28.9 Å². The van der Waals surface area contributed by atoms with E-state index in [1.165, 1.54) is 12.1 Å². The number of nitrogens with zero attached hydrogens (tertiary/aromatic N) is 2. The van der Waals surface area contributed by atoms with Crippen molar-refractivity contribution in [3.63, 3.8) is 0 Å². The van der Waals surface area contributed by atoms with Gasteiger partial charge in [0.15, 0.2) is 0 Å². The number of carboxylic acid groups (broad SMARTS) is 1. The monoisotopic (exact) mass is 350 g/mol. The predicted molar refractivity (Wildman–Crippen MR) is 101 cm³/mol. The summed E-state index contributed by atoms with van der Waals surface area (Å²) in [4.78, 5) is 15.7. The van der Waals surface area contributed by atoms with Gasteiger partial charge < -0.3 is 9.67 Å². The lowest BCUT2D eigenvalue weighted by molar-refractivity contribution is 0.0696. The van der Waals surface area contributed by atoms with Crippen LogP contribution in [0.5, 0.6) is 0 Å². The maximum absolute atomic E-state index is 13.2. The molecule has 0 saturated carbocycles. The van der Waals surface area contributed by atoms with Gasteiger partial charge in [-0.1, -0.05) is 6.07 Å². The third kappa shape index (κ3) is 3.28. The van der Waals surface area contributed by atoms with E-state index in [0.717, 1.165) is 22.6 Å². The molecule has 4 nitrogen and oxygen atoms in total. The van der Waals surface area contributed by atoms with Gasteiger partial charge >= 0.3 is 5.97 Å². The summed E-state index contributed by atoms with van der Waals surface area (Å²) in [6.07, 6.45) is 1.73. The highest BCUT2D eigenvalue weighted by molar-refractivity contribution is 5.92. The van der Waals surface area contributed by atoms with Crippen LogP contribution in [0.1, 0.15) is 32.9 Å². The summed E-state index contributed by atoms with van der Waals surface area (Å²) in [5.41, 5.74) is 5.28. The molecule has 1 heterocycles. The standard InChI is InChI=1S/C21H19FN2O2/c1-13-11-16(15(3)24(13)18-9-7-17(22)8-10-18)12-23-20-6-4-5-19(14(20)2)21(25)26/h4-12H,1-3H3,(H,25,26). The molecule has 0 amide bonds. The Labute approximate surface area is 151 Å². The number of carbonyl (C=O) groups is 1. The number of hydrogen-bond donors (Lipinski definition) is 1. The summed E-state index contributed by atoms with van der Waals surface area (Å²) < 4.78 is 15.2. The van der Waals surface area contributed by atoms with Crippen molar-refractivity contribution in [1.82, 2.24) is 4.57 Å². The van der Waals surface area contributed by atoms with Crippen LogP contribution in [0.15, 0.2) is 53.5 Å². The van der Waals surface area contributed by atoms with Crippen LogP contribution in [-0.4, -0.2) is 21.9 Å². The van der Waals surface area contributed by atoms with Crippen LogP contribution in [0, 0.1) is 26.6 Å². The molecule has 132 valence electrons. The molecule has 3 rings (SSSR count). The number of aryl methyl sites for hydroxylation is 1. The zero-order valence-corrected chi connectivity index (χ0v) is 14.8. The lowest BCUT2D eigenvalue weighted by Crippen LogP contribution is -2.00. The Morgan fingerprint density at radius 2 is 1.81 bits per heavy atom. The SMILES string of the molecule is Cc1c(N=Cc2cc(C)n(-c3ccc(F)cc3)c2C)cccc1C(=O)O. The fourth-order valence-corrected chi connectivity index (χ4v) is 3.04. The Balaban J connectivity index is 1.98. The third-order valence-electron chi connectivity index (χ3n) is 4.43. The summed E-state index contributed by atoms with van der Waals surface area (Å²) >= 11 is 0. The lowest BCUT2D eigenvalue weighted by atomic mass is 10.1. The molecule has 0 aliphatic rings. The van der Waals surface area contributed by atoms with Gasteiger partial charge in [0.05, 0.1) is 11.3 Å². The Kier molecular flexibility index (Phi) is 4.71. The molecule has 0 aliphatic heterocycles. The fourth-order valence-electron chi connectivity index (χ4n) is 3.04. The average molecular weight is 350 g/mol. The number of hydrogen-bond acceptors (Lipinski definition) is 2. The van der Waals surface area contributed by atoms with E-state index in [1.807, 2.05) is 24.5 Å². The minimum absolute atomic E-state index is 0.247. The van der Waals surface area contributed by atoms with Gasteiger partial charge in [-0.05, 0) is 68.8 Å².